The van der Waals surface area contributed by atoms with Gasteiger partial charge < -0.3 is 4.42 Å². The summed E-state index contributed by atoms with van der Waals surface area (Å²) in [6.07, 6.45) is 3.09. The lowest BCUT2D eigenvalue weighted by molar-refractivity contribution is 0.454. The van der Waals surface area contributed by atoms with E-state index in [4.69, 9.17) is 16.0 Å². The summed E-state index contributed by atoms with van der Waals surface area (Å²) < 4.78 is 5.07. The normalized spacial score (nSPS) is 10.4. The third kappa shape index (κ3) is 2.24. The molecule has 2 heterocycles. The second kappa shape index (κ2) is 3.98. The molecule has 2 aromatic heterocycles. The molecule has 0 aliphatic carbocycles. The van der Waals surface area contributed by atoms with Crippen LogP contribution in [0.2, 0.25) is 5.15 Å². The lowest BCUT2D eigenvalue weighted by atomic mass is 10.6. The van der Waals surface area contributed by atoms with Crippen LogP contribution in [-0.2, 0) is 0 Å². The average Bonchev–Trinajstić information content (AvgIpc) is 2.54. The Bertz CT molecular complexity index is 412. The van der Waals surface area contributed by atoms with Crippen LogP contribution >= 0.6 is 23.4 Å². The van der Waals surface area contributed by atoms with Crippen LogP contribution in [0.25, 0.3) is 0 Å². The van der Waals surface area contributed by atoms with Crippen LogP contribution in [0.1, 0.15) is 5.82 Å². The molecule has 0 aliphatic rings. The Morgan fingerprint density at radius 2 is 2.29 bits per heavy atom. The van der Waals surface area contributed by atoms with Crippen molar-refractivity contribution in [2.45, 2.75) is 17.2 Å². The Morgan fingerprint density at radius 1 is 1.43 bits per heavy atom. The van der Waals surface area contributed by atoms with Crippen LogP contribution in [-0.4, -0.2) is 15.0 Å². The second-order valence-electron chi connectivity index (χ2n) is 2.48. The summed E-state index contributed by atoms with van der Waals surface area (Å²) in [5.41, 5.74) is 0. The predicted molar refractivity (Wildman–Crippen MR) is 52.4 cm³/mol. The fraction of sp³-hybridized carbons (Fsp3) is 0.125. The Kier molecular flexibility index (Phi) is 2.69. The van der Waals surface area contributed by atoms with E-state index >= 15 is 0 Å². The van der Waals surface area contributed by atoms with Crippen LogP contribution in [0.5, 0.6) is 0 Å². The quantitative estimate of drug-likeness (QED) is 0.738. The van der Waals surface area contributed by atoms with Gasteiger partial charge in [0.15, 0.2) is 0 Å². The molecule has 0 fully saturated rings. The van der Waals surface area contributed by atoms with Crippen molar-refractivity contribution < 1.29 is 4.42 Å². The van der Waals surface area contributed by atoms with E-state index < -0.39 is 0 Å². The van der Waals surface area contributed by atoms with E-state index in [0.29, 0.717) is 16.2 Å². The van der Waals surface area contributed by atoms with E-state index in [1.807, 2.05) is 0 Å². The molecule has 0 N–H and O–H groups in total. The van der Waals surface area contributed by atoms with Gasteiger partial charge in [-0.15, -0.1) is 0 Å². The van der Waals surface area contributed by atoms with Gasteiger partial charge in [0.1, 0.15) is 22.3 Å². The number of rotatable bonds is 2. The summed E-state index contributed by atoms with van der Waals surface area (Å²) in [4.78, 5) is 12.1. The fourth-order valence-electron chi connectivity index (χ4n) is 0.908. The first-order valence-electron chi connectivity index (χ1n) is 3.82. The number of nitrogens with zero attached hydrogens (tertiary/aromatic N) is 3. The van der Waals surface area contributed by atoms with Gasteiger partial charge in [0, 0.05) is 6.07 Å². The van der Waals surface area contributed by atoms with Gasteiger partial charge in [-0.05, 0) is 18.7 Å². The first-order chi connectivity index (χ1) is 6.74. The zero-order valence-electron chi connectivity index (χ0n) is 7.27. The number of halogens is 1. The Morgan fingerprint density at radius 3 is 2.93 bits per heavy atom. The molecule has 6 heteroatoms. The van der Waals surface area contributed by atoms with Gasteiger partial charge >= 0.3 is 0 Å². The molecule has 0 amide bonds. The highest BCUT2D eigenvalue weighted by Crippen LogP contribution is 2.25. The summed E-state index contributed by atoms with van der Waals surface area (Å²) in [6, 6.07) is 1.67. The maximum Gasteiger partial charge on any atom is 0.261 e. The molecule has 72 valence electrons. The van der Waals surface area contributed by atoms with Crippen LogP contribution in [0.15, 0.2) is 33.2 Å². The molecule has 4 nitrogen and oxygen atoms in total. The van der Waals surface area contributed by atoms with Gasteiger partial charge in [0.05, 0.1) is 6.20 Å². The average molecular weight is 228 g/mol. The first kappa shape index (κ1) is 9.48. The van der Waals surface area contributed by atoms with Gasteiger partial charge in [0.2, 0.25) is 0 Å². The molecular formula is C8H6ClN3OS. The molecule has 0 unspecified atom stereocenters. The number of aromatic nitrogens is 3. The van der Waals surface area contributed by atoms with Gasteiger partial charge in [-0.25, -0.2) is 15.0 Å². The van der Waals surface area contributed by atoms with Crippen LogP contribution in [0.3, 0.4) is 0 Å². The van der Waals surface area contributed by atoms with Crippen molar-refractivity contribution in [3.8, 4) is 0 Å². The smallest absolute Gasteiger partial charge is 0.261 e. The standard InChI is InChI=1S/C8H6ClN3OS/c1-5-11-6(9)4-7(12-5)14-8-10-2-3-13-8/h2-4H,1H3. The molecule has 0 bridgehead atoms. The maximum absolute atomic E-state index is 5.77. The lowest BCUT2D eigenvalue weighted by Crippen LogP contribution is -1.89. The molecule has 0 aliphatic heterocycles. The van der Waals surface area contributed by atoms with Gasteiger partial charge in [0.25, 0.3) is 5.22 Å². The summed E-state index contributed by atoms with van der Waals surface area (Å²) >= 11 is 7.08. The molecule has 0 radical (unpaired) electrons. The van der Waals surface area contributed by atoms with Gasteiger partial charge in [-0.3, -0.25) is 0 Å². The van der Waals surface area contributed by atoms with Crippen LogP contribution < -0.4 is 0 Å². The SMILES string of the molecule is Cc1nc(Cl)cc(Sc2ncco2)n1. The molecular weight excluding hydrogens is 222 g/mol. The van der Waals surface area contributed by atoms with Crippen molar-refractivity contribution >= 4 is 23.4 Å². The molecule has 2 aromatic rings. The van der Waals surface area contributed by atoms with E-state index in [1.165, 1.54) is 18.0 Å². The molecule has 2 rings (SSSR count). The molecule has 14 heavy (non-hydrogen) atoms. The van der Waals surface area contributed by atoms with Crippen molar-refractivity contribution in [1.82, 2.24) is 15.0 Å². The Labute approximate surface area is 89.7 Å². The molecule has 0 spiro atoms. The van der Waals surface area contributed by atoms with Gasteiger partial charge in [-0.1, -0.05) is 11.6 Å². The second-order valence-corrected chi connectivity index (χ2v) is 3.84. The van der Waals surface area contributed by atoms with E-state index in [9.17, 15) is 0 Å². The van der Waals surface area contributed by atoms with Crippen molar-refractivity contribution in [2.24, 2.45) is 0 Å². The first-order valence-corrected chi connectivity index (χ1v) is 5.02. The Hall–Kier alpha value is -1.07. The van der Waals surface area contributed by atoms with Crippen molar-refractivity contribution in [1.29, 1.82) is 0 Å². The third-order valence-corrected chi connectivity index (χ3v) is 2.37. The van der Waals surface area contributed by atoms with E-state index in [0.717, 1.165) is 5.03 Å². The van der Waals surface area contributed by atoms with Crippen molar-refractivity contribution in [3.05, 3.63) is 29.5 Å². The highest BCUT2D eigenvalue weighted by Gasteiger charge is 2.05. The molecule has 0 atom stereocenters. The predicted octanol–water partition coefficient (Wildman–Crippen LogP) is 2.58. The van der Waals surface area contributed by atoms with Crippen LogP contribution in [0.4, 0.5) is 0 Å². The minimum absolute atomic E-state index is 0.423. The monoisotopic (exact) mass is 227 g/mol. The lowest BCUT2D eigenvalue weighted by Gasteiger charge is -1.98. The molecule has 0 saturated heterocycles. The van der Waals surface area contributed by atoms with Crippen molar-refractivity contribution in [2.75, 3.05) is 0 Å². The van der Waals surface area contributed by atoms with Crippen LogP contribution in [0, 0.1) is 6.92 Å². The third-order valence-electron chi connectivity index (χ3n) is 1.38. The summed E-state index contributed by atoms with van der Waals surface area (Å²) in [7, 11) is 0. The van der Waals surface area contributed by atoms with E-state index in [-0.39, 0.29) is 0 Å². The largest absolute Gasteiger partial charge is 0.440 e. The fourth-order valence-corrected chi connectivity index (χ4v) is 1.94. The topological polar surface area (TPSA) is 51.8 Å². The van der Waals surface area contributed by atoms with Crippen molar-refractivity contribution in [3.63, 3.8) is 0 Å². The molecule has 0 saturated carbocycles. The van der Waals surface area contributed by atoms with E-state index in [1.54, 1.807) is 19.2 Å². The minimum atomic E-state index is 0.423. The number of aryl methyl sites for hydroxylation is 1. The number of oxazole rings is 1. The zero-order chi connectivity index (χ0) is 9.97. The highest BCUT2D eigenvalue weighted by molar-refractivity contribution is 7.99. The highest BCUT2D eigenvalue weighted by atomic mass is 35.5. The Balaban J connectivity index is 2.25. The summed E-state index contributed by atoms with van der Waals surface area (Å²) in [5.74, 6) is 0.631. The van der Waals surface area contributed by atoms with E-state index in [2.05, 4.69) is 15.0 Å². The minimum Gasteiger partial charge on any atom is -0.440 e. The summed E-state index contributed by atoms with van der Waals surface area (Å²) in [5, 5.41) is 1.69. The molecule has 0 aromatic carbocycles. The zero-order valence-corrected chi connectivity index (χ0v) is 8.84. The maximum atomic E-state index is 5.77. The van der Waals surface area contributed by atoms with Gasteiger partial charge in [-0.2, -0.15) is 0 Å². The number of hydrogen-bond donors (Lipinski definition) is 0. The number of hydrogen-bond acceptors (Lipinski definition) is 5. The summed E-state index contributed by atoms with van der Waals surface area (Å²) in [6.45, 7) is 1.78.